The normalized spacial score (nSPS) is 12.1. The van der Waals surface area contributed by atoms with Gasteiger partial charge in [-0.15, -0.1) is 0 Å². The monoisotopic (exact) mass is 382 g/mol. The van der Waals surface area contributed by atoms with E-state index in [0.717, 1.165) is 52.7 Å². The molecular weight excluding hydrogens is 361 g/mol. The van der Waals surface area contributed by atoms with Crippen LogP contribution in [0.2, 0.25) is 0 Å². The molecule has 3 N–H and O–H groups in total. The third-order valence-electron chi connectivity index (χ3n) is 5.17. The van der Waals surface area contributed by atoms with Crippen molar-refractivity contribution in [1.29, 1.82) is 0 Å². The number of hydrogen-bond acceptors (Lipinski definition) is 1. The third-order valence-corrected chi connectivity index (χ3v) is 5.17. The minimum absolute atomic E-state index is 0.111. The number of alkyl halides is 3. The van der Waals surface area contributed by atoms with Crippen LogP contribution in [0.25, 0.3) is 32.9 Å². The standard InChI is InChI=1S/C23H21F3N2/c1-2-3-6-14-11-22-19(17-7-4-5-8-21(17)28-22)13-18(14)16-10-9-15(27)12-20(16)23(24,25)26/h4-5,7-13,28H,2-3,6,27H2,1H3. The van der Waals surface area contributed by atoms with Crippen LogP contribution in [0.1, 0.15) is 30.9 Å². The van der Waals surface area contributed by atoms with Gasteiger partial charge in [-0.3, -0.25) is 0 Å². The summed E-state index contributed by atoms with van der Waals surface area (Å²) in [6, 6.07) is 15.8. The second-order valence-corrected chi connectivity index (χ2v) is 7.13. The zero-order chi connectivity index (χ0) is 19.9. The summed E-state index contributed by atoms with van der Waals surface area (Å²) in [6.45, 7) is 2.07. The zero-order valence-corrected chi connectivity index (χ0v) is 15.5. The number of aromatic nitrogens is 1. The number of hydrogen-bond donors (Lipinski definition) is 2. The predicted octanol–water partition coefficient (Wildman–Crippen LogP) is 6.93. The molecule has 2 nitrogen and oxygen atoms in total. The summed E-state index contributed by atoms with van der Waals surface area (Å²) in [7, 11) is 0. The number of para-hydroxylation sites is 1. The highest BCUT2D eigenvalue weighted by Gasteiger charge is 2.34. The van der Waals surface area contributed by atoms with Crippen molar-refractivity contribution in [3.63, 3.8) is 0 Å². The number of rotatable bonds is 4. The van der Waals surface area contributed by atoms with E-state index in [-0.39, 0.29) is 11.3 Å². The maximum Gasteiger partial charge on any atom is 0.417 e. The van der Waals surface area contributed by atoms with Gasteiger partial charge < -0.3 is 10.7 Å². The molecule has 0 saturated heterocycles. The van der Waals surface area contributed by atoms with Gasteiger partial charge in [0.25, 0.3) is 0 Å². The Balaban J connectivity index is 2.03. The Kier molecular flexibility index (Phi) is 4.53. The molecule has 4 aromatic rings. The molecule has 1 heterocycles. The zero-order valence-electron chi connectivity index (χ0n) is 15.5. The van der Waals surface area contributed by atoms with Crippen molar-refractivity contribution >= 4 is 27.5 Å². The average Bonchev–Trinajstić information content (AvgIpc) is 3.02. The Morgan fingerprint density at radius 1 is 0.893 bits per heavy atom. The number of benzene rings is 3. The van der Waals surface area contributed by atoms with Crippen LogP contribution in [0.15, 0.2) is 54.6 Å². The van der Waals surface area contributed by atoms with E-state index in [0.29, 0.717) is 5.56 Å². The maximum absolute atomic E-state index is 13.7. The van der Waals surface area contributed by atoms with E-state index in [1.165, 1.54) is 12.1 Å². The lowest BCUT2D eigenvalue weighted by atomic mass is 9.91. The van der Waals surface area contributed by atoms with Crippen molar-refractivity contribution in [3.05, 3.63) is 65.7 Å². The van der Waals surface area contributed by atoms with Crippen molar-refractivity contribution in [2.75, 3.05) is 5.73 Å². The molecular formula is C23H21F3N2. The molecule has 0 fully saturated rings. The van der Waals surface area contributed by atoms with Crippen LogP contribution in [0.5, 0.6) is 0 Å². The number of aromatic amines is 1. The number of anilines is 1. The van der Waals surface area contributed by atoms with Crippen molar-refractivity contribution < 1.29 is 13.2 Å². The minimum Gasteiger partial charge on any atom is -0.399 e. The Hall–Kier alpha value is -2.95. The number of nitrogen functional groups attached to an aromatic ring is 1. The van der Waals surface area contributed by atoms with E-state index in [9.17, 15) is 13.2 Å². The fourth-order valence-corrected chi connectivity index (χ4v) is 3.80. The van der Waals surface area contributed by atoms with Crippen molar-refractivity contribution in [1.82, 2.24) is 4.98 Å². The molecule has 3 aromatic carbocycles. The number of aryl methyl sites for hydroxylation is 1. The van der Waals surface area contributed by atoms with Gasteiger partial charge in [-0.1, -0.05) is 37.6 Å². The lowest BCUT2D eigenvalue weighted by Gasteiger charge is -2.17. The summed E-state index contributed by atoms with van der Waals surface area (Å²) in [5.41, 5.74) is 8.72. The summed E-state index contributed by atoms with van der Waals surface area (Å²) >= 11 is 0. The molecule has 5 heteroatoms. The average molecular weight is 382 g/mol. The van der Waals surface area contributed by atoms with Crippen molar-refractivity contribution in [3.8, 4) is 11.1 Å². The first-order valence-electron chi connectivity index (χ1n) is 9.39. The fraction of sp³-hybridized carbons (Fsp3) is 0.217. The van der Waals surface area contributed by atoms with E-state index in [1.54, 1.807) is 0 Å². The number of unbranched alkanes of at least 4 members (excludes halogenated alkanes) is 1. The largest absolute Gasteiger partial charge is 0.417 e. The molecule has 0 spiro atoms. The summed E-state index contributed by atoms with van der Waals surface area (Å²) in [4.78, 5) is 3.39. The molecule has 28 heavy (non-hydrogen) atoms. The van der Waals surface area contributed by atoms with E-state index >= 15 is 0 Å². The first-order valence-corrected chi connectivity index (χ1v) is 9.39. The van der Waals surface area contributed by atoms with Gasteiger partial charge in [-0.25, -0.2) is 0 Å². The lowest BCUT2D eigenvalue weighted by Crippen LogP contribution is -2.09. The predicted molar refractivity (Wildman–Crippen MR) is 109 cm³/mol. The Morgan fingerprint density at radius 3 is 2.43 bits per heavy atom. The Labute approximate surface area is 161 Å². The highest BCUT2D eigenvalue weighted by atomic mass is 19.4. The number of nitrogens with two attached hydrogens (primary N) is 1. The smallest absolute Gasteiger partial charge is 0.399 e. The summed E-state index contributed by atoms with van der Waals surface area (Å²) < 4.78 is 41.2. The molecule has 0 amide bonds. The second kappa shape index (κ2) is 6.89. The number of H-pyrrole nitrogens is 1. The molecule has 0 aliphatic heterocycles. The molecule has 4 rings (SSSR count). The molecule has 144 valence electrons. The number of nitrogens with one attached hydrogen (secondary N) is 1. The van der Waals surface area contributed by atoms with Gasteiger partial charge in [0, 0.05) is 27.5 Å². The van der Waals surface area contributed by atoms with Crippen LogP contribution in [0.4, 0.5) is 18.9 Å². The minimum atomic E-state index is -4.47. The third kappa shape index (κ3) is 3.21. The first-order chi connectivity index (χ1) is 13.4. The van der Waals surface area contributed by atoms with Crippen LogP contribution in [0, 0.1) is 0 Å². The van der Waals surface area contributed by atoms with Crippen LogP contribution in [-0.4, -0.2) is 4.98 Å². The van der Waals surface area contributed by atoms with Gasteiger partial charge >= 0.3 is 6.18 Å². The first kappa shape index (κ1) is 18.4. The molecule has 0 aliphatic rings. The van der Waals surface area contributed by atoms with Crippen LogP contribution >= 0.6 is 0 Å². The van der Waals surface area contributed by atoms with Gasteiger partial charge in [0.2, 0.25) is 0 Å². The van der Waals surface area contributed by atoms with Crippen LogP contribution < -0.4 is 5.73 Å². The van der Waals surface area contributed by atoms with Gasteiger partial charge in [0.05, 0.1) is 5.56 Å². The molecule has 0 atom stereocenters. The SMILES string of the molecule is CCCCc1cc2[nH]c3ccccc3c2cc1-c1ccc(N)cc1C(F)(F)F. The molecule has 1 aromatic heterocycles. The second-order valence-electron chi connectivity index (χ2n) is 7.13. The van der Waals surface area contributed by atoms with E-state index in [2.05, 4.69) is 11.9 Å². The Morgan fingerprint density at radius 2 is 1.68 bits per heavy atom. The quantitative estimate of drug-likeness (QED) is 0.369. The highest BCUT2D eigenvalue weighted by Crippen LogP contribution is 2.41. The van der Waals surface area contributed by atoms with Crippen LogP contribution in [-0.2, 0) is 12.6 Å². The maximum atomic E-state index is 13.7. The fourth-order valence-electron chi connectivity index (χ4n) is 3.80. The molecule has 0 aliphatic carbocycles. The topological polar surface area (TPSA) is 41.8 Å². The van der Waals surface area contributed by atoms with E-state index < -0.39 is 11.7 Å². The number of halogens is 3. The van der Waals surface area contributed by atoms with Gasteiger partial charge in [0.15, 0.2) is 0 Å². The van der Waals surface area contributed by atoms with E-state index in [4.69, 9.17) is 5.73 Å². The van der Waals surface area contributed by atoms with Gasteiger partial charge in [-0.05, 0) is 59.9 Å². The lowest BCUT2D eigenvalue weighted by molar-refractivity contribution is -0.137. The molecule has 0 bridgehead atoms. The van der Waals surface area contributed by atoms with Gasteiger partial charge in [0.1, 0.15) is 0 Å². The highest BCUT2D eigenvalue weighted by molar-refractivity contribution is 6.09. The molecule has 0 saturated carbocycles. The van der Waals surface area contributed by atoms with Crippen molar-refractivity contribution in [2.45, 2.75) is 32.4 Å². The Bertz CT molecular complexity index is 1160. The number of fused-ring (bicyclic) bond motifs is 3. The summed E-state index contributed by atoms with van der Waals surface area (Å²) in [5.74, 6) is 0. The molecule has 0 unspecified atom stereocenters. The van der Waals surface area contributed by atoms with Crippen LogP contribution in [0.3, 0.4) is 0 Å². The molecule has 0 radical (unpaired) electrons. The van der Waals surface area contributed by atoms with Gasteiger partial charge in [-0.2, -0.15) is 13.2 Å². The summed E-state index contributed by atoms with van der Waals surface area (Å²) in [5, 5.41) is 1.93. The van der Waals surface area contributed by atoms with E-state index in [1.807, 2.05) is 36.4 Å². The van der Waals surface area contributed by atoms with Crippen molar-refractivity contribution in [2.24, 2.45) is 0 Å². The summed E-state index contributed by atoms with van der Waals surface area (Å²) in [6.07, 6.45) is -1.87.